The molecule has 0 aromatic heterocycles. The molecule has 1 saturated carbocycles. The van der Waals surface area contributed by atoms with Gasteiger partial charge in [-0.15, -0.1) is 0 Å². The van der Waals surface area contributed by atoms with Crippen molar-refractivity contribution in [2.75, 3.05) is 0 Å². The molecule has 1 aliphatic carbocycles. The second kappa shape index (κ2) is 4.34. The van der Waals surface area contributed by atoms with E-state index in [1.807, 2.05) is 0 Å². The zero-order valence-electron chi connectivity index (χ0n) is 9.34. The van der Waals surface area contributed by atoms with Crippen molar-refractivity contribution in [3.05, 3.63) is 34.6 Å². The molecule has 0 heterocycles. The van der Waals surface area contributed by atoms with Gasteiger partial charge in [-0.1, -0.05) is 31.0 Å². The van der Waals surface area contributed by atoms with Gasteiger partial charge >= 0.3 is 0 Å². The standard InChI is InChI=1S/C13H16ClFO/c1-9-3-2-6-13(9,16)8-10-4-5-12(15)11(14)7-10/h4-5,7,9,16H,2-3,6,8H2,1H3. The molecular weight excluding hydrogens is 227 g/mol. The van der Waals surface area contributed by atoms with E-state index >= 15 is 0 Å². The summed E-state index contributed by atoms with van der Waals surface area (Å²) in [7, 11) is 0. The second-order valence-electron chi connectivity index (χ2n) is 4.82. The minimum Gasteiger partial charge on any atom is -0.389 e. The van der Waals surface area contributed by atoms with Crippen LogP contribution in [0.2, 0.25) is 5.02 Å². The molecule has 2 rings (SSSR count). The van der Waals surface area contributed by atoms with Crippen LogP contribution >= 0.6 is 11.6 Å². The Bertz CT molecular complexity index is 394. The normalized spacial score (nSPS) is 29.6. The highest BCUT2D eigenvalue weighted by Gasteiger charge is 2.38. The van der Waals surface area contributed by atoms with E-state index in [4.69, 9.17) is 11.6 Å². The number of hydrogen-bond donors (Lipinski definition) is 1. The van der Waals surface area contributed by atoms with Crippen molar-refractivity contribution < 1.29 is 9.50 Å². The van der Waals surface area contributed by atoms with Gasteiger partial charge in [0.15, 0.2) is 0 Å². The average molecular weight is 243 g/mol. The van der Waals surface area contributed by atoms with Crippen LogP contribution in [-0.2, 0) is 6.42 Å². The van der Waals surface area contributed by atoms with E-state index in [-0.39, 0.29) is 5.02 Å². The fraction of sp³-hybridized carbons (Fsp3) is 0.538. The van der Waals surface area contributed by atoms with Crippen LogP contribution in [0.4, 0.5) is 4.39 Å². The van der Waals surface area contributed by atoms with Gasteiger partial charge in [0, 0.05) is 6.42 Å². The highest BCUT2D eigenvalue weighted by molar-refractivity contribution is 6.30. The topological polar surface area (TPSA) is 20.2 Å². The predicted molar refractivity (Wildman–Crippen MR) is 63.1 cm³/mol. The van der Waals surface area contributed by atoms with Gasteiger partial charge in [0.1, 0.15) is 5.82 Å². The molecule has 1 fully saturated rings. The molecule has 88 valence electrons. The van der Waals surface area contributed by atoms with Gasteiger partial charge in [-0.3, -0.25) is 0 Å². The largest absolute Gasteiger partial charge is 0.389 e. The van der Waals surface area contributed by atoms with E-state index in [1.165, 1.54) is 6.07 Å². The van der Waals surface area contributed by atoms with Crippen molar-refractivity contribution >= 4 is 11.6 Å². The van der Waals surface area contributed by atoms with Gasteiger partial charge in [0.2, 0.25) is 0 Å². The van der Waals surface area contributed by atoms with Crippen LogP contribution in [0.1, 0.15) is 31.7 Å². The van der Waals surface area contributed by atoms with E-state index in [2.05, 4.69) is 6.92 Å². The first kappa shape index (κ1) is 11.9. The van der Waals surface area contributed by atoms with Crippen molar-refractivity contribution in [1.29, 1.82) is 0 Å². The number of aliphatic hydroxyl groups is 1. The van der Waals surface area contributed by atoms with Gasteiger partial charge in [0.25, 0.3) is 0 Å². The van der Waals surface area contributed by atoms with E-state index in [1.54, 1.807) is 12.1 Å². The Morgan fingerprint density at radius 1 is 1.56 bits per heavy atom. The van der Waals surface area contributed by atoms with Crippen molar-refractivity contribution in [1.82, 2.24) is 0 Å². The summed E-state index contributed by atoms with van der Waals surface area (Å²) in [5, 5.41) is 10.6. The van der Waals surface area contributed by atoms with E-state index in [0.717, 1.165) is 24.8 Å². The Hall–Kier alpha value is -0.600. The third-order valence-electron chi connectivity index (χ3n) is 3.66. The van der Waals surface area contributed by atoms with Crippen LogP contribution < -0.4 is 0 Å². The summed E-state index contributed by atoms with van der Waals surface area (Å²) in [5.41, 5.74) is 0.267. The number of rotatable bonds is 2. The average Bonchev–Trinajstić information content (AvgIpc) is 2.53. The molecule has 0 aliphatic heterocycles. The zero-order valence-corrected chi connectivity index (χ0v) is 10.1. The summed E-state index contributed by atoms with van der Waals surface area (Å²) < 4.78 is 13.0. The molecule has 2 atom stereocenters. The molecule has 3 heteroatoms. The van der Waals surface area contributed by atoms with Crippen molar-refractivity contribution in [2.45, 2.75) is 38.2 Å². The van der Waals surface area contributed by atoms with Gasteiger partial charge in [-0.05, 0) is 36.5 Å². The number of benzene rings is 1. The lowest BCUT2D eigenvalue weighted by molar-refractivity contribution is 0.00958. The van der Waals surface area contributed by atoms with Crippen LogP contribution in [0.3, 0.4) is 0 Å². The van der Waals surface area contributed by atoms with Crippen LogP contribution in [0, 0.1) is 11.7 Å². The highest BCUT2D eigenvalue weighted by atomic mass is 35.5. The molecule has 0 saturated heterocycles. The molecule has 0 radical (unpaired) electrons. The van der Waals surface area contributed by atoms with E-state index in [9.17, 15) is 9.50 Å². The van der Waals surface area contributed by atoms with Crippen LogP contribution in [0.5, 0.6) is 0 Å². The quantitative estimate of drug-likeness (QED) is 0.841. The summed E-state index contributed by atoms with van der Waals surface area (Å²) in [4.78, 5) is 0. The maximum Gasteiger partial charge on any atom is 0.141 e. The first-order chi connectivity index (χ1) is 7.51. The van der Waals surface area contributed by atoms with Crippen molar-refractivity contribution in [2.24, 2.45) is 5.92 Å². The molecule has 0 amide bonds. The molecule has 1 N–H and O–H groups in total. The molecule has 16 heavy (non-hydrogen) atoms. The van der Waals surface area contributed by atoms with Crippen LogP contribution in [0.15, 0.2) is 18.2 Å². The Kier molecular flexibility index (Phi) is 3.22. The lowest BCUT2D eigenvalue weighted by atomic mass is 9.86. The lowest BCUT2D eigenvalue weighted by Gasteiger charge is -2.27. The number of hydrogen-bond acceptors (Lipinski definition) is 1. The second-order valence-corrected chi connectivity index (χ2v) is 5.23. The fourth-order valence-corrected chi connectivity index (χ4v) is 2.70. The molecule has 1 nitrogen and oxygen atoms in total. The summed E-state index contributed by atoms with van der Waals surface area (Å²) >= 11 is 5.72. The zero-order chi connectivity index (χ0) is 11.8. The van der Waals surface area contributed by atoms with Gasteiger partial charge in [-0.25, -0.2) is 4.39 Å². The first-order valence-corrected chi connectivity index (χ1v) is 6.05. The Labute approximate surface area is 100 Å². The Balaban J connectivity index is 2.17. The number of halogens is 2. The SMILES string of the molecule is CC1CCCC1(O)Cc1ccc(F)c(Cl)c1. The Morgan fingerprint density at radius 2 is 2.31 bits per heavy atom. The smallest absolute Gasteiger partial charge is 0.141 e. The maximum absolute atomic E-state index is 13.0. The van der Waals surface area contributed by atoms with E-state index in [0.29, 0.717) is 12.3 Å². The summed E-state index contributed by atoms with van der Waals surface area (Å²) in [6.45, 7) is 2.07. The van der Waals surface area contributed by atoms with Crippen molar-refractivity contribution in [3.8, 4) is 0 Å². The van der Waals surface area contributed by atoms with Gasteiger partial charge in [0.05, 0.1) is 10.6 Å². The molecule has 0 bridgehead atoms. The highest BCUT2D eigenvalue weighted by Crippen LogP contribution is 2.38. The van der Waals surface area contributed by atoms with Crippen LogP contribution in [-0.4, -0.2) is 10.7 Å². The fourth-order valence-electron chi connectivity index (χ4n) is 2.50. The predicted octanol–water partition coefficient (Wildman–Crippen LogP) is 3.57. The summed E-state index contributed by atoms with van der Waals surface area (Å²) in [6, 6.07) is 4.67. The molecule has 2 unspecified atom stereocenters. The third-order valence-corrected chi connectivity index (χ3v) is 3.95. The van der Waals surface area contributed by atoms with Crippen LogP contribution in [0.25, 0.3) is 0 Å². The Morgan fingerprint density at radius 3 is 2.88 bits per heavy atom. The lowest BCUT2D eigenvalue weighted by Crippen LogP contribution is -2.34. The molecule has 1 aliphatic rings. The summed E-state index contributed by atoms with van der Waals surface area (Å²) in [5.74, 6) is -0.104. The summed E-state index contributed by atoms with van der Waals surface area (Å²) in [6.07, 6.45) is 3.51. The first-order valence-electron chi connectivity index (χ1n) is 5.67. The van der Waals surface area contributed by atoms with E-state index < -0.39 is 11.4 Å². The molecule has 1 aromatic carbocycles. The molecule has 1 aromatic rings. The van der Waals surface area contributed by atoms with Gasteiger partial charge < -0.3 is 5.11 Å². The minimum atomic E-state index is -0.638. The van der Waals surface area contributed by atoms with Crippen molar-refractivity contribution in [3.63, 3.8) is 0 Å². The minimum absolute atomic E-state index is 0.131. The molecular formula is C13H16ClFO. The monoisotopic (exact) mass is 242 g/mol. The third kappa shape index (κ3) is 2.23. The molecule has 0 spiro atoms. The van der Waals surface area contributed by atoms with Gasteiger partial charge in [-0.2, -0.15) is 0 Å². The maximum atomic E-state index is 13.0.